The second kappa shape index (κ2) is 9.01. The molecule has 0 radical (unpaired) electrons. The third kappa shape index (κ3) is 4.98. The molecule has 3 N–H and O–H groups in total. The quantitative estimate of drug-likeness (QED) is 0.436. The van der Waals surface area contributed by atoms with E-state index in [4.69, 9.17) is 9.63 Å². The predicted molar refractivity (Wildman–Crippen MR) is 108 cm³/mol. The molecule has 29 heavy (non-hydrogen) atoms. The van der Waals surface area contributed by atoms with E-state index in [2.05, 4.69) is 20.8 Å². The van der Waals surface area contributed by atoms with Crippen LogP contribution in [0, 0.1) is 5.82 Å². The van der Waals surface area contributed by atoms with Crippen molar-refractivity contribution in [2.45, 2.75) is 12.8 Å². The SMILES string of the molecule is CNC(=Nc1cc(C(C)c2ccc(-c3ccccc3)c(F)c2)no1)NCC(=O)O. The third-order valence-electron chi connectivity index (χ3n) is 4.40. The number of benzene rings is 2. The summed E-state index contributed by atoms with van der Waals surface area (Å²) in [6.07, 6.45) is 0. The van der Waals surface area contributed by atoms with Crippen molar-refractivity contribution in [3.63, 3.8) is 0 Å². The van der Waals surface area contributed by atoms with Gasteiger partial charge in [0, 0.05) is 24.6 Å². The molecule has 1 aromatic heterocycles. The molecule has 0 aliphatic rings. The van der Waals surface area contributed by atoms with Crippen LogP contribution in [0.25, 0.3) is 11.1 Å². The van der Waals surface area contributed by atoms with E-state index in [1.54, 1.807) is 19.2 Å². The standard InChI is InChI=1S/C21H21FN4O3/c1-13(15-8-9-16(17(22)10-15)14-6-4-3-5-7-14)18-11-19(29-26-18)25-21(23-2)24-12-20(27)28/h3-11,13H,12H2,1-2H3,(H,27,28)(H2,23,24,25). The van der Waals surface area contributed by atoms with Gasteiger partial charge in [-0.3, -0.25) is 4.79 Å². The summed E-state index contributed by atoms with van der Waals surface area (Å²) < 4.78 is 19.9. The van der Waals surface area contributed by atoms with E-state index in [0.29, 0.717) is 11.3 Å². The Morgan fingerprint density at radius 2 is 2.00 bits per heavy atom. The zero-order valence-corrected chi connectivity index (χ0v) is 16.0. The molecule has 0 saturated heterocycles. The Bertz CT molecular complexity index is 1020. The van der Waals surface area contributed by atoms with E-state index in [0.717, 1.165) is 11.1 Å². The van der Waals surface area contributed by atoms with Crippen molar-refractivity contribution >= 4 is 17.8 Å². The van der Waals surface area contributed by atoms with Gasteiger partial charge in [-0.1, -0.05) is 54.5 Å². The molecule has 1 unspecified atom stereocenters. The van der Waals surface area contributed by atoms with Gasteiger partial charge in [0.2, 0.25) is 0 Å². The normalized spacial score (nSPS) is 12.4. The number of aliphatic imine (C=N–C) groups is 1. The van der Waals surface area contributed by atoms with Crippen molar-refractivity contribution in [3.8, 4) is 11.1 Å². The maximum Gasteiger partial charge on any atom is 0.322 e. The lowest BCUT2D eigenvalue weighted by Gasteiger charge is -2.11. The van der Waals surface area contributed by atoms with E-state index in [1.807, 2.05) is 43.3 Å². The Hall–Kier alpha value is -3.68. The summed E-state index contributed by atoms with van der Waals surface area (Å²) in [6.45, 7) is 1.61. The predicted octanol–water partition coefficient (Wildman–Crippen LogP) is 3.51. The number of carbonyl (C=O) groups is 1. The maximum absolute atomic E-state index is 14.7. The minimum atomic E-state index is -1.01. The highest BCUT2D eigenvalue weighted by molar-refractivity contribution is 5.85. The van der Waals surface area contributed by atoms with E-state index >= 15 is 0 Å². The lowest BCUT2D eigenvalue weighted by Crippen LogP contribution is -2.37. The topological polar surface area (TPSA) is 99.8 Å². The molecular formula is C21H21FN4O3. The number of hydrogen-bond acceptors (Lipinski definition) is 4. The Morgan fingerprint density at radius 1 is 1.24 bits per heavy atom. The number of nitrogens with zero attached hydrogens (tertiary/aromatic N) is 2. The van der Waals surface area contributed by atoms with Gasteiger partial charge in [-0.25, -0.2) is 4.39 Å². The van der Waals surface area contributed by atoms with Crippen molar-refractivity contribution in [1.29, 1.82) is 0 Å². The molecule has 0 fully saturated rings. The summed E-state index contributed by atoms with van der Waals surface area (Å²) in [5.74, 6) is -1.10. The summed E-state index contributed by atoms with van der Waals surface area (Å²) in [5, 5.41) is 18.1. The molecule has 3 rings (SSSR count). The van der Waals surface area contributed by atoms with Gasteiger partial charge in [0.25, 0.3) is 5.88 Å². The van der Waals surface area contributed by atoms with Gasteiger partial charge in [0.15, 0.2) is 5.96 Å². The molecule has 3 aromatic rings. The van der Waals surface area contributed by atoms with E-state index in [9.17, 15) is 9.18 Å². The number of hydrogen-bond donors (Lipinski definition) is 3. The van der Waals surface area contributed by atoms with Crippen LogP contribution >= 0.6 is 0 Å². The Morgan fingerprint density at radius 3 is 2.66 bits per heavy atom. The number of rotatable bonds is 6. The summed E-state index contributed by atoms with van der Waals surface area (Å²) in [5.41, 5.74) is 2.69. The number of carboxylic acid groups (broad SMARTS) is 1. The molecule has 0 aliphatic carbocycles. The first kappa shape index (κ1) is 20.1. The minimum absolute atomic E-state index is 0.204. The molecule has 0 amide bonds. The van der Waals surface area contributed by atoms with Crippen LogP contribution in [-0.4, -0.2) is 35.8 Å². The van der Waals surface area contributed by atoms with Crippen LogP contribution < -0.4 is 10.6 Å². The number of halogens is 1. The molecule has 0 saturated carbocycles. The molecule has 1 heterocycles. The van der Waals surface area contributed by atoms with Crippen LogP contribution in [0.15, 0.2) is 64.1 Å². The molecule has 0 spiro atoms. The summed E-state index contributed by atoms with van der Waals surface area (Å²) in [4.78, 5) is 14.8. The van der Waals surface area contributed by atoms with Gasteiger partial charge < -0.3 is 20.3 Å². The monoisotopic (exact) mass is 396 g/mol. The number of aromatic nitrogens is 1. The first-order valence-corrected chi connectivity index (χ1v) is 9.01. The van der Waals surface area contributed by atoms with Gasteiger partial charge in [0.1, 0.15) is 12.4 Å². The smallest absolute Gasteiger partial charge is 0.322 e. The highest BCUT2D eigenvalue weighted by Gasteiger charge is 2.16. The van der Waals surface area contributed by atoms with Gasteiger partial charge >= 0.3 is 5.97 Å². The summed E-state index contributed by atoms with van der Waals surface area (Å²) in [6, 6.07) is 16.1. The molecule has 1 atom stereocenters. The number of guanidine groups is 1. The first-order valence-electron chi connectivity index (χ1n) is 9.01. The molecule has 0 bridgehead atoms. The van der Waals surface area contributed by atoms with E-state index < -0.39 is 5.97 Å². The Kier molecular flexibility index (Phi) is 6.23. The van der Waals surface area contributed by atoms with Crippen molar-refractivity contribution in [1.82, 2.24) is 15.8 Å². The fraction of sp³-hybridized carbons (Fsp3) is 0.190. The van der Waals surface area contributed by atoms with Crippen LogP contribution in [-0.2, 0) is 4.79 Å². The van der Waals surface area contributed by atoms with Gasteiger partial charge in [-0.05, 0) is 17.2 Å². The number of carboxylic acids is 1. The van der Waals surface area contributed by atoms with Gasteiger partial charge in [-0.15, -0.1) is 0 Å². The van der Waals surface area contributed by atoms with Gasteiger partial charge in [-0.2, -0.15) is 4.99 Å². The highest BCUT2D eigenvalue weighted by Crippen LogP contribution is 2.30. The lowest BCUT2D eigenvalue weighted by molar-refractivity contribution is -0.135. The van der Waals surface area contributed by atoms with Crippen LogP contribution in [0.5, 0.6) is 0 Å². The summed E-state index contributed by atoms with van der Waals surface area (Å²) in [7, 11) is 1.60. The Balaban J connectivity index is 1.78. The minimum Gasteiger partial charge on any atom is -0.480 e. The van der Waals surface area contributed by atoms with Crippen molar-refractivity contribution < 1.29 is 18.8 Å². The van der Waals surface area contributed by atoms with Crippen LogP contribution in [0.4, 0.5) is 10.3 Å². The number of nitrogens with one attached hydrogen (secondary N) is 2. The zero-order valence-electron chi connectivity index (χ0n) is 16.0. The van der Waals surface area contributed by atoms with Crippen molar-refractivity contribution in [2.75, 3.05) is 13.6 Å². The van der Waals surface area contributed by atoms with E-state index in [-0.39, 0.29) is 30.1 Å². The second-order valence-corrected chi connectivity index (χ2v) is 6.37. The van der Waals surface area contributed by atoms with Crippen molar-refractivity contribution in [3.05, 3.63) is 71.7 Å². The van der Waals surface area contributed by atoms with Crippen molar-refractivity contribution in [2.24, 2.45) is 4.99 Å². The third-order valence-corrected chi connectivity index (χ3v) is 4.40. The van der Waals surface area contributed by atoms with Crippen LogP contribution in [0.3, 0.4) is 0 Å². The second-order valence-electron chi connectivity index (χ2n) is 6.37. The summed E-state index contributed by atoms with van der Waals surface area (Å²) >= 11 is 0. The average molecular weight is 396 g/mol. The molecule has 2 aromatic carbocycles. The number of aliphatic carboxylic acids is 1. The molecule has 0 aliphatic heterocycles. The fourth-order valence-corrected chi connectivity index (χ4v) is 2.81. The average Bonchev–Trinajstić information content (AvgIpc) is 3.19. The fourth-order valence-electron chi connectivity index (χ4n) is 2.81. The molecule has 7 nitrogen and oxygen atoms in total. The molecular weight excluding hydrogens is 375 g/mol. The lowest BCUT2D eigenvalue weighted by atomic mass is 9.95. The Labute approximate surface area is 167 Å². The largest absolute Gasteiger partial charge is 0.480 e. The zero-order chi connectivity index (χ0) is 20.8. The van der Waals surface area contributed by atoms with E-state index in [1.165, 1.54) is 6.07 Å². The maximum atomic E-state index is 14.7. The molecule has 150 valence electrons. The van der Waals surface area contributed by atoms with Crippen LogP contribution in [0.1, 0.15) is 24.1 Å². The highest BCUT2D eigenvalue weighted by atomic mass is 19.1. The first-order chi connectivity index (χ1) is 14.0. The molecule has 8 heteroatoms. The van der Waals surface area contributed by atoms with Crippen LogP contribution in [0.2, 0.25) is 0 Å². The van der Waals surface area contributed by atoms with Gasteiger partial charge in [0.05, 0.1) is 5.69 Å².